The Morgan fingerprint density at radius 1 is 1.36 bits per heavy atom. The number of amides is 1. The van der Waals surface area contributed by atoms with E-state index in [2.05, 4.69) is 5.10 Å². The predicted molar refractivity (Wildman–Crippen MR) is 95.1 cm³/mol. The molecule has 6 nitrogen and oxygen atoms in total. The van der Waals surface area contributed by atoms with Gasteiger partial charge in [-0.15, -0.1) is 0 Å². The number of aromatic nitrogens is 2. The third-order valence-electron chi connectivity index (χ3n) is 4.79. The van der Waals surface area contributed by atoms with Gasteiger partial charge >= 0.3 is 0 Å². The average Bonchev–Trinajstić information content (AvgIpc) is 2.85. The first kappa shape index (κ1) is 17.3. The molecule has 6 heteroatoms. The van der Waals surface area contributed by atoms with Crippen LogP contribution in [0.4, 0.5) is 0 Å². The maximum absolute atomic E-state index is 12.9. The van der Waals surface area contributed by atoms with Crippen molar-refractivity contribution in [1.29, 1.82) is 0 Å². The van der Waals surface area contributed by atoms with Crippen molar-refractivity contribution in [2.24, 2.45) is 7.05 Å². The van der Waals surface area contributed by atoms with Crippen molar-refractivity contribution >= 4 is 5.91 Å². The molecule has 0 bridgehead atoms. The highest BCUT2D eigenvalue weighted by Crippen LogP contribution is 2.31. The third kappa shape index (κ3) is 3.34. The first-order valence-corrected chi connectivity index (χ1v) is 8.52. The fourth-order valence-corrected chi connectivity index (χ4v) is 3.42. The number of hydrogen-bond donors (Lipinski definition) is 0. The number of hydrogen-bond acceptors (Lipinski definition) is 4. The minimum Gasteiger partial charge on any atom is -0.486 e. The van der Waals surface area contributed by atoms with Crippen LogP contribution in [0.15, 0.2) is 24.3 Å². The van der Waals surface area contributed by atoms with Gasteiger partial charge in [-0.1, -0.05) is 12.1 Å². The van der Waals surface area contributed by atoms with E-state index in [0.717, 1.165) is 28.5 Å². The van der Waals surface area contributed by atoms with Crippen molar-refractivity contribution in [3.63, 3.8) is 0 Å². The van der Waals surface area contributed by atoms with Gasteiger partial charge in [-0.3, -0.25) is 9.48 Å². The van der Waals surface area contributed by atoms with E-state index in [1.807, 2.05) is 63.8 Å². The average molecular weight is 343 g/mol. The fraction of sp³-hybridized carbons (Fsp3) is 0.474. The van der Waals surface area contributed by atoms with Gasteiger partial charge in [0.15, 0.2) is 17.6 Å². The van der Waals surface area contributed by atoms with Crippen molar-refractivity contribution in [2.45, 2.75) is 32.8 Å². The second-order valence-corrected chi connectivity index (χ2v) is 6.65. The summed E-state index contributed by atoms with van der Waals surface area (Å²) in [4.78, 5) is 14.6. The van der Waals surface area contributed by atoms with Crippen LogP contribution in [0.2, 0.25) is 0 Å². The Kier molecular flexibility index (Phi) is 4.70. The van der Waals surface area contributed by atoms with Gasteiger partial charge in [0.1, 0.15) is 6.61 Å². The third-order valence-corrected chi connectivity index (χ3v) is 4.79. The summed E-state index contributed by atoms with van der Waals surface area (Å²) < 4.78 is 13.5. The zero-order valence-corrected chi connectivity index (χ0v) is 15.4. The van der Waals surface area contributed by atoms with Gasteiger partial charge in [-0.25, -0.2) is 0 Å². The number of carbonyl (C=O) groups is 1. The summed E-state index contributed by atoms with van der Waals surface area (Å²) in [6.45, 7) is 6.79. The van der Waals surface area contributed by atoms with Gasteiger partial charge < -0.3 is 14.4 Å². The van der Waals surface area contributed by atoms with Crippen molar-refractivity contribution in [3.8, 4) is 11.5 Å². The molecule has 1 aliphatic rings. The zero-order chi connectivity index (χ0) is 18.1. The first-order valence-electron chi connectivity index (χ1n) is 8.52. The summed E-state index contributed by atoms with van der Waals surface area (Å²) in [5.74, 6) is 1.30. The van der Waals surface area contributed by atoms with E-state index < -0.39 is 0 Å². The van der Waals surface area contributed by atoms with Gasteiger partial charge in [-0.05, 0) is 32.9 Å². The Morgan fingerprint density at radius 3 is 2.68 bits per heavy atom. The molecule has 1 aliphatic heterocycles. The van der Waals surface area contributed by atoms with Crippen molar-refractivity contribution < 1.29 is 14.3 Å². The molecule has 134 valence electrons. The Balaban J connectivity index is 1.67. The molecule has 0 spiro atoms. The van der Waals surface area contributed by atoms with E-state index in [9.17, 15) is 4.79 Å². The number of fused-ring (bicyclic) bond motifs is 1. The molecule has 25 heavy (non-hydrogen) atoms. The molecule has 2 atom stereocenters. The zero-order valence-electron chi connectivity index (χ0n) is 15.4. The molecule has 0 fully saturated rings. The maximum Gasteiger partial charge on any atom is 0.229 e. The van der Waals surface area contributed by atoms with Crippen molar-refractivity contribution in [3.05, 3.63) is 41.2 Å². The van der Waals surface area contributed by atoms with Crippen LogP contribution in [0.25, 0.3) is 0 Å². The summed E-state index contributed by atoms with van der Waals surface area (Å²) in [5, 5.41) is 4.42. The van der Waals surface area contributed by atoms with Gasteiger partial charge in [0.05, 0.1) is 18.2 Å². The predicted octanol–water partition coefficient (Wildman–Crippen LogP) is 2.44. The lowest BCUT2D eigenvalue weighted by Gasteiger charge is -2.30. The van der Waals surface area contributed by atoms with E-state index >= 15 is 0 Å². The van der Waals surface area contributed by atoms with Crippen LogP contribution in [0.3, 0.4) is 0 Å². The normalized spacial score (nSPS) is 17.2. The Hall–Kier alpha value is -2.50. The first-order chi connectivity index (χ1) is 11.9. The lowest BCUT2D eigenvalue weighted by molar-refractivity contribution is -0.132. The van der Waals surface area contributed by atoms with Crippen LogP contribution in [0, 0.1) is 13.8 Å². The molecule has 0 saturated heterocycles. The number of benzene rings is 1. The highest BCUT2D eigenvalue weighted by atomic mass is 16.6. The number of rotatable bonds is 4. The van der Waals surface area contributed by atoms with Crippen LogP contribution >= 0.6 is 0 Å². The molecular formula is C19H25N3O3. The Morgan fingerprint density at radius 2 is 2.04 bits per heavy atom. The lowest BCUT2D eigenvalue weighted by Crippen LogP contribution is -2.43. The highest BCUT2D eigenvalue weighted by molar-refractivity contribution is 5.83. The molecule has 2 heterocycles. The largest absolute Gasteiger partial charge is 0.486 e. The molecule has 1 aromatic heterocycles. The van der Waals surface area contributed by atoms with Crippen LogP contribution in [-0.2, 0) is 11.8 Å². The van der Waals surface area contributed by atoms with E-state index in [4.69, 9.17) is 9.47 Å². The Labute approximate surface area is 148 Å². The maximum atomic E-state index is 12.9. The molecule has 0 radical (unpaired) electrons. The van der Waals surface area contributed by atoms with Crippen LogP contribution < -0.4 is 9.47 Å². The quantitative estimate of drug-likeness (QED) is 0.856. The smallest absolute Gasteiger partial charge is 0.229 e. The fourth-order valence-electron chi connectivity index (χ4n) is 3.42. The molecule has 0 N–H and O–H groups in total. The molecule has 1 amide bonds. The van der Waals surface area contributed by atoms with Crippen molar-refractivity contribution in [2.75, 3.05) is 20.2 Å². The number of likely N-dealkylation sites (N-methyl/N-ethyl adjacent to an activating group) is 1. The summed E-state index contributed by atoms with van der Waals surface area (Å²) in [6.07, 6.45) is -0.174. The van der Waals surface area contributed by atoms with Gasteiger partial charge in [0.2, 0.25) is 5.91 Å². The van der Waals surface area contributed by atoms with Crippen LogP contribution in [-0.4, -0.2) is 46.9 Å². The number of aryl methyl sites for hydroxylation is 2. The molecule has 0 unspecified atom stereocenters. The molecule has 3 rings (SSSR count). The summed E-state index contributed by atoms with van der Waals surface area (Å²) >= 11 is 0. The number of para-hydroxylation sites is 2. The SMILES string of the molecule is Cc1nn(C)c(C)c1[C@@H](C)C(=O)N(C)C[C@H]1COc2ccccc2O1. The monoisotopic (exact) mass is 343 g/mol. The number of carbonyl (C=O) groups excluding carboxylic acids is 1. The molecular weight excluding hydrogens is 318 g/mol. The summed E-state index contributed by atoms with van der Waals surface area (Å²) in [6, 6.07) is 7.60. The summed E-state index contributed by atoms with van der Waals surface area (Å²) in [7, 11) is 3.71. The second kappa shape index (κ2) is 6.78. The van der Waals surface area contributed by atoms with E-state index in [1.54, 1.807) is 4.90 Å². The molecule has 0 aliphatic carbocycles. The molecule has 0 saturated carbocycles. The van der Waals surface area contributed by atoms with Gasteiger partial charge in [0, 0.05) is 25.4 Å². The van der Waals surface area contributed by atoms with Gasteiger partial charge in [0.25, 0.3) is 0 Å². The van der Waals surface area contributed by atoms with Gasteiger partial charge in [-0.2, -0.15) is 5.10 Å². The molecule has 2 aromatic rings. The number of ether oxygens (including phenoxy) is 2. The van der Waals surface area contributed by atoms with E-state index in [1.165, 1.54) is 0 Å². The lowest BCUT2D eigenvalue weighted by atomic mass is 9.97. The Bertz CT molecular complexity index is 784. The van der Waals surface area contributed by atoms with Crippen LogP contribution in [0.5, 0.6) is 11.5 Å². The second-order valence-electron chi connectivity index (χ2n) is 6.65. The standard InChI is InChI=1S/C19H25N3O3/c1-12(18-13(2)20-22(5)14(18)3)19(23)21(4)10-15-11-24-16-8-6-7-9-17(16)25-15/h6-9,12,15H,10-11H2,1-5H3/t12-,15+/m1/s1. The molecule has 1 aromatic carbocycles. The minimum atomic E-state index is -0.240. The van der Waals surface area contributed by atoms with Crippen molar-refractivity contribution in [1.82, 2.24) is 14.7 Å². The van der Waals surface area contributed by atoms with Crippen LogP contribution in [0.1, 0.15) is 29.8 Å². The van der Waals surface area contributed by atoms with E-state index in [-0.39, 0.29) is 17.9 Å². The number of nitrogens with zero attached hydrogens (tertiary/aromatic N) is 3. The minimum absolute atomic E-state index is 0.0571. The highest BCUT2D eigenvalue weighted by Gasteiger charge is 2.28. The van der Waals surface area contributed by atoms with E-state index in [0.29, 0.717) is 13.2 Å². The summed E-state index contributed by atoms with van der Waals surface area (Å²) in [5.41, 5.74) is 2.93. The topological polar surface area (TPSA) is 56.6 Å².